The van der Waals surface area contributed by atoms with E-state index in [4.69, 9.17) is 0 Å². The molecule has 2 saturated heterocycles. The lowest BCUT2D eigenvalue weighted by Crippen LogP contribution is -2.37. The second-order valence-corrected chi connectivity index (χ2v) is 7.73. The van der Waals surface area contributed by atoms with Gasteiger partial charge in [0.05, 0.1) is 5.41 Å². The van der Waals surface area contributed by atoms with Crippen molar-refractivity contribution in [1.29, 1.82) is 0 Å². The van der Waals surface area contributed by atoms with Crippen LogP contribution in [-0.4, -0.2) is 46.5 Å². The number of fused-ring (bicyclic) bond motifs is 1. The maximum absolute atomic E-state index is 12.9. The zero-order chi connectivity index (χ0) is 17.4. The summed E-state index contributed by atoms with van der Waals surface area (Å²) >= 11 is 0. The third-order valence-electron chi connectivity index (χ3n) is 6.17. The minimum Gasteiger partial charge on any atom is -0.348 e. The number of benzene rings is 1. The quantitative estimate of drug-likeness (QED) is 0.834. The molecule has 1 spiro atoms. The number of carbonyl (C=O) groups is 1. The molecule has 134 valence electrons. The molecule has 1 aromatic carbocycles. The summed E-state index contributed by atoms with van der Waals surface area (Å²) in [6.45, 7) is 10.1. The highest BCUT2D eigenvalue weighted by molar-refractivity contribution is 5.86. The lowest BCUT2D eigenvalue weighted by atomic mass is 9.85. The third-order valence-corrected chi connectivity index (χ3v) is 6.17. The molecule has 1 unspecified atom stereocenters. The predicted octanol–water partition coefficient (Wildman–Crippen LogP) is 3.50. The fourth-order valence-electron chi connectivity index (χ4n) is 4.79. The summed E-state index contributed by atoms with van der Waals surface area (Å²) in [5, 5.41) is 1.36. The van der Waals surface area contributed by atoms with Crippen molar-refractivity contribution >= 4 is 16.8 Å². The molecule has 3 heterocycles. The highest BCUT2D eigenvalue weighted by atomic mass is 16.2. The van der Waals surface area contributed by atoms with E-state index >= 15 is 0 Å². The van der Waals surface area contributed by atoms with E-state index < -0.39 is 0 Å². The Morgan fingerprint density at radius 2 is 1.96 bits per heavy atom. The molecule has 1 amide bonds. The fraction of sp³-hybridized carbons (Fsp3) is 0.571. The Morgan fingerprint density at radius 1 is 1.12 bits per heavy atom. The van der Waals surface area contributed by atoms with Gasteiger partial charge in [0.1, 0.15) is 0 Å². The Balaban J connectivity index is 1.50. The van der Waals surface area contributed by atoms with Crippen LogP contribution in [-0.2, 0) is 17.9 Å². The van der Waals surface area contributed by atoms with Gasteiger partial charge >= 0.3 is 0 Å². The smallest absolute Gasteiger partial charge is 0.230 e. The SMILES string of the molecule is CCCN1CCC2(CCN(Cc3cccc4c3ccn4CC)C2)C1=O. The first-order valence-corrected chi connectivity index (χ1v) is 9.75. The standard InChI is InChI=1S/C21H29N3O/c1-3-11-24-14-10-21(20(24)25)9-13-22(16-21)15-17-6-5-7-19-18(17)8-12-23(19)4-2/h5-8,12H,3-4,9-11,13-16H2,1-2H3. The van der Waals surface area contributed by atoms with Gasteiger partial charge in [-0.15, -0.1) is 0 Å². The van der Waals surface area contributed by atoms with Crippen LogP contribution in [0.5, 0.6) is 0 Å². The number of aryl methyl sites for hydroxylation is 1. The molecule has 1 aromatic heterocycles. The molecular weight excluding hydrogens is 310 g/mol. The van der Waals surface area contributed by atoms with Gasteiger partial charge in [0, 0.05) is 49.8 Å². The fourth-order valence-corrected chi connectivity index (χ4v) is 4.79. The van der Waals surface area contributed by atoms with Gasteiger partial charge in [0.15, 0.2) is 0 Å². The molecule has 4 nitrogen and oxygen atoms in total. The van der Waals surface area contributed by atoms with Gasteiger partial charge in [0.2, 0.25) is 5.91 Å². The molecule has 0 bridgehead atoms. The van der Waals surface area contributed by atoms with Crippen molar-refractivity contribution in [1.82, 2.24) is 14.4 Å². The molecule has 0 radical (unpaired) electrons. The van der Waals surface area contributed by atoms with Crippen molar-refractivity contribution < 1.29 is 4.79 Å². The predicted molar refractivity (Wildman–Crippen MR) is 101 cm³/mol. The van der Waals surface area contributed by atoms with E-state index in [9.17, 15) is 4.79 Å². The van der Waals surface area contributed by atoms with E-state index in [1.165, 1.54) is 16.5 Å². The summed E-state index contributed by atoms with van der Waals surface area (Å²) in [6, 6.07) is 8.85. The molecule has 0 aliphatic carbocycles. The minimum absolute atomic E-state index is 0.0988. The normalized spacial score (nSPS) is 24.2. The number of rotatable bonds is 5. The Hall–Kier alpha value is -1.81. The van der Waals surface area contributed by atoms with Crippen molar-refractivity contribution in [2.75, 3.05) is 26.2 Å². The Morgan fingerprint density at radius 3 is 2.76 bits per heavy atom. The van der Waals surface area contributed by atoms with Crippen molar-refractivity contribution in [3.05, 3.63) is 36.0 Å². The van der Waals surface area contributed by atoms with Crippen molar-refractivity contribution in [3.63, 3.8) is 0 Å². The minimum atomic E-state index is -0.0988. The van der Waals surface area contributed by atoms with Gasteiger partial charge in [-0.2, -0.15) is 0 Å². The topological polar surface area (TPSA) is 28.5 Å². The van der Waals surface area contributed by atoms with Crippen molar-refractivity contribution in [2.45, 2.75) is 46.2 Å². The van der Waals surface area contributed by atoms with E-state index in [1.807, 2.05) is 0 Å². The molecule has 4 heteroatoms. The van der Waals surface area contributed by atoms with Gasteiger partial charge in [-0.05, 0) is 50.4 Å². The maximum atomic E-state index is 12.9. The van der Waals surface area contributed by atoms with E-state index in [1.54, 1.807) is 0 Å². The highest BCUT2D eigenvalue weighted by Crippen LogP contribution is 2.41. The van der Waals surface area contributed by atoms with Gasteiger partial charge < -0.3 is 9.47 Å². The van der Waals surface area contributed by atoms with Crippen LogP contribution in [0, 0.1) is 5.41 Å². The molecule has 2 fully saturated rings. The summed E-state index contributed by atoms with van der Waals surface area (Å²) in [4.78, 5) is 17.4. The molecule has 2 aliphatic rings. The summed E-state index contributed by atoms with van der Waals surface area (Å²) in [5.41, 5.74) is 2.61. The van der Waals surface area contributed by atoms with E-state index in [-0.39, 0.29) is 5.41 Å². The zero-order valence-electron chi connectivity index (χ0n) is 15.5. The van der Waals surface area contributed by atoms with Crippen LogP contribution in [0.4, 0.5) is 0 Å². The van der Waals surface area contributed by atoms with Crippen LogP contribution in [0.2, 0.25) is 0 Å². The monoisotopic (exact) mass is 339 g/mol. The summed E-state index contributed by atoms with van der Waals surface area (Å²) < 4.78 is 2.30. The maximum Gasteiger partial charge on any atom is 0.230 e. The molecule has 4 rings (SSSR count). The average Bonchev–Trinajstić information content (AvgIpc) is 3.30. The lowest BCUT2D eigenvalue weighted by Gasteiger charge is -2.23. The summed E-state index contributed by atoms with van der Waals surface area (Å²) in [5.74, 6) is 0.409. The van der Waals surface area contributed by atoms with Crippen LogP contribution >= 0.6 is 0 Å². The number of carbonyl (C=O) groups excluding carboxylic acids is 1. The van der Waals surface area contributed by atoms with Crippen LogP contribution < -0.4 is 0 Å². The highest BCUT2D eigenvalue weighted by Gasteiger charge is 2.50. The number of nitrogens with zero attached hydrogens (tertiary/aromatic N) is 3. The van der Waals surface area contributed by atoms with E-state index in [0.717, 1.165) is 58.5 Å². The largest absolute Gasteiger partial charge is 0.348 e. The molecule has 2 aliphatic heterocycles. The average molecular weight is 339 g/mol. The second-order valence-electron chi connectivity index (χ2n) is 7.73. The Labute approximate surface area is 150 Å². The zero-order valence-corrected chi connectivity index (χ0v) is 15.5. The van der Waals surface area contributed by atoms with Crippen LogP contribution in [0.15, 0.2) is 30.5 Å². The third kappa shape index (κ3) is 2.77. The lowest BCUT2D eigenvalue weighted by molar-refractivity contribution is -0.135. The molecule has 25 heavy (non-hydrogen) atoms. The molecule has 2 aromatic rings. The summed E-state index contributed by atoms with van der Waals surface area (Å²) in [7, 11) is 0. The van der Waals surface area contributed by atoms with Gasteiger partial charge in [-0.25, -0.2) is 0 Å². The Bertz CT molecular complexity index is 781. The first kappa shape index (κ1) is 16.6. The number of aromatic nitrogens is 1. The first-order valence-electron chi connectivity index (χ1n) is 9.75. The first-order chi connectivity index (χ1) is 12.2. The molecule has 0 N–H and O–H groups in total. The number of hydrogen-bond donors (Lipinski definition) is 0. The van der Waals surface area contributed by atoms with E-state index in [0.29, 0.717) is 5.91 Å². The number of hydrogen-bond acceptors (Lipinski definition) is 2. The molecular formula is C21H29N3O. The summed E-state index contributed by atoms with van der Waals surface area (Å²) in [6.07, 6.45) is 5.31. The number of likely N-dealkylation sites (tertiary alicyclic amines) is 2. The number of amides is 1. The Kier molecular flexibility index (Phi) is 4.32. The van der Waals surface area contributed by atoms with E-state index in [2.05, 4.69) is 58.7 Å². The second kappa shape index (κ2) is 6.49. The molecule has 1 atom stereocenters. The van der Waals surface area contributed by atoms with Crippen LogP contribution in [0.3, 0.4) is 0 Å². The van der Waals surface area contributed by atoms with Gasteiger partial charge in [-0.1, -0.05) is 19.1 Å². The van der Waals surface area contributed by atoms with Crippen molar-refractivity contribution in [2.24, 2.45) is 5.41 Å². The van der Waals surface area contributed by atoms with Crippen molar-refractivity contribution in [3.8, 4) is 0 Å². The van der Waals surface area contributed by atoms with Gasteiger partial charge in [-0.3, -0.25) is 9.69 Å². The molecule has 0 saturated carbocycles. The van der Waals surface area contributed by atoms with Gasteiger partial charge in [0.25, 0.3) is 0 Å². The van der Waals surface area contributed by atoms with Crippen LogP contribution in [0.25, 0.3) is 10.9 Å². The van der Waals surface area contributed by atoms with Crippen LogP contribution in [0.1, 0.15) is 38.7 Å².